The Hall–Kier alpha value is -2.09. The van der Waals surface area contributed by atoms with E-state index in [0.717, 1.165) is 12.7 Å². The molecule has 1 heterocycles. The molecule has 1 aliphatic heterocycles. The monoisotopic (exact) mass is 353 g/mol. The molecule has 7 nitrogen and oxygen atoms in total. The van der Waals surface area contributed by atoms with E-state index in [-0.39, 0.29) is 16.8 Å². The number of sulfone groups is 1. The molecule has 1 fully saturated rings. The molecular weight excluding hydrogens is 330 g/mol. The van der Waals surface area contributed by atoms with E-state index in [1.54, 1.807) is 9.80 Å². The van der Waals surface area contributed by atoms with Gasteiger partial charge in [0.1, 0.15) is 0 Å². The Kier molecular flexibility index (Phi) is 5.82. The molecule has 0 unspecified atom stereocenters. The van der Waals surface area contributed by atoms with Crippen molar-refractivity contribution in [1.82, 2.24) is 15.1 Å². The average Bonchev–Trinajstić information content (AvgIpc) is 2.58. The molecule has 1 aromatic rings. The molecule has 0 radical (unpaired) electrons. The third kappa shape index (κ3) is 4.47. The number of hydrogen-bond acceptors (Lipinski definition) is 4. The molecule has 132 valence electrons. The number of piperazine rings is 1. The first kappa shape index (κ1) is 18.3. The number of nitrogens with one attached hydrogen (secondary N) is 1. The van der Waals surface area contributed by atoms with Crippen LogP contribution in [-0.2, 0) is 9.84 Å². The van der Waals surface area contributed by atoms with Gasteiger partial charge in [0, 0.05) is 44.5 Å². The van der Waals surface area contributed by atoms with Crippen molar-refractivity contribution < 1.29 is 18.0 Å². The Morgan fingerprint density at radius 3 is 2.08 bits per heavy atom. The zero-order chi connectivity index (χ0) is 17.7. The van der Waals surface area contributed by atoms with Gasteiger partial charge in [-0.25, -0.2) is 13.2 Å². The number of nitrogens with zero attached hydrogens (tertiary/aromatic N) is 2. The summed E-state index contributed by atoms with van der Waals surface area (Å²) in [4.78, 5) is 27.9. The second-order valence-electron chi connectivity index (χ2n) is 5.81. The normalized spacial score (nSPS) is 15.2. The summed E-state index contributed by atoms with van der Waals surface area (Å²) in [6.07, 6.45) is 2.01. The summed E-state index contributed by atoms with van der Waals surface area (Å²) < 4.78 is 22.9. The largest absolute Gasteiger partial charge is 0.338 e. The summed E-state index contributed by atoms with van der Waals surface area (Å²) in [6.45, 7) is 4.54. The molecule has 1 N–H and O–H groups in total. The highest BCUT2D eigenvalue weighted by molar-refractivity contribution is 7.90. The second-order valence-corrected chi connectivity index (χ2v) is 7.82. The molecule has 0 spiro atoms. The third-order valence-electron chi connectivity index (χ3n) is 3.91. The quantitative estimate of drug-likeness (QED) is 0.874. The van der Waals surface area contributed by atoms with Crippen LogP contribution in [0.3, 0.4) is 0 Å². The van der Waals surface area contributed by atoms with E-state index in [2.05, 4.69) is 5.32 Å². The van der Waals surface area contributed by atoms with Crippen molar-refractivity contribution in [3.05, 3.63) is 29.8 Å². The lowest BCUT2D eigenvalue weighted by molar-refractivity contribution is 0.0665. The van der Waals surface area contributed by atoms with Crippen molar-refractivity contribution in [2.45, 2.75) is 18.2 Å². The number of amides is 3. The highest BCUT2D eigenvalue weighted by atomic mass is 32.2. The van der Waals surface area contributed by atoms with Gasteiger partial charge in [0.15, 0.2) is 9.84 Å². The lowest BCUT2D eigenvalue weighted by Crippen LogP contribution is -2.53. The maximum atomic E-state index is 12.5. The van der Waals surface area contributed by atoms with Gasteiger partial charge in [-0.05, 0) is 30.7 Å². The summed E-state index contributed by atoms with van der Waals surface area (Å²) >= 11 is 0. The first-order valence-corrected chi connectivity index (χ1v) is 9.84. The minimum atomic E-state index is -3.27. The van der Waals surface area contributed by atoms with Gasteiger partial charge in [0.2, 0.25) is 0 Å². The molecule has 1 saturated heterocycles. The van der Waals surface area contributed by atoms with E-state index in [1.165, 1.54) is 24.3 Å². The molecular formula is C16H23N3O4S. The van der Waals surface area contributed by atoms with Crippen LogP contribution in [0.2, 0.25) is 0 Å². The van der Waals surface area contributed by atoms with Gasteiger partial charge in [-0.2, -0.15) is 0 Å². The Balaban J connectivity index is 1.94. The van der Waals surface area contributed by atoms with E-state index in [4.69, 9.17) is 0 Å². The number of hydrogen-bond donors (Lipinski definition) is 1. The minimum absolute atomic E-state index is 0.0959. The molecule has 0 atom stereocenters. The van der Waals surface area contributed by atoms with Gasteiger partial charge < -0.3 is 15.1 Å². The summed E-state index contributed by atoms with van der Waals surface area (Å²) in [5, 5.41) is 2.82. The standard InChI is InChI=1S/C16H23N3O4S/c1-3-8-17-16(21)19-11-9-18(10-12-19)15(20)13-4-6-14(7-5-13)24(2,22)23/h4-7H,3,8-12H2,1-2H3,(H,17,21). The van der Waals surface area contributed by atoms with Crippen LogP contribution in [-0.4, -0.2) is 69.1 Å². The third-order valence-corrected chi connectivity index (χ3v) is 5.04. The summed E-state index contributed by atoms with van der Waals surface area (Å²) in [7, 11) is -3.27. The maximum absolute atomic E-state index is 12.5. The number of carbonyl (C=O) groups excluding carboxylic acids is 2. The van der Waals surface area contributed by atoms with Crippen LogP contribution in [0.25, 0.3) is 0 Å². The van der Waals surface area contributed by atoms with E-state index in [0.29, 0.717) is 38.3 Å². The van der Waals surface area contributed by atoms with Gasteiger partial charge in [-0.1, -0.05) is 6.92 Å². The van der Waals surface area contributed by atoms with E-state index >= 15 is 0 Å². The van der Waals surface area contributed by atoms with Crippen LogP contribution >= 0.6 is 0 Å². The van der Waals surface area contributed by atoms with Crippen LogP contribution in [0.5, 0.6) is 0 Å². The predicted octanol–water partition coefficient (Wildman–Crippen LogP) is 0.967. The average molecular weight is 353 g/mol. The van der Waals surface area contributed by atoms with Crippen LogP contribution in [0.4, 0.5) is 4.79 Å². The molecule has 3 amide bonds. The van der Waals surface area contributed by atoms with E-state index < -0.39 is 9.84 Å². The van der Waals surface area contributed by atoms with E-state index in [9.17, 15) is 18.0 Å². The lowest BCUT2D eigenvalue weighted by Gasteiger charge is -2.34. The zero-order valence-electron chi connectivity index (χ0n) is 14.0. The van der Waals surface area contributed by atoms with E-state index in [1.807, 2.05) is 6.92 Å². The van der Waals surface area contributed by atoms with Crippen molar-refractivity contribution >= 4 is 21.8 Å². The molecule has 2 rings (SSSR count). The number of carbonyl (C=O) groups is 2. The molecule has 0 saturated carbocycles. The Morgan fingerprint density at radius 1 is 1.04 bits per heavy atom. The van der Waals surface area contributed by atoms with Gasteiger partial charge in [0.05, 0.1) is 4.90 Å². The number of urea groups is 1. The first-order valence-electron chi connectivity index (χ1n) is 7.95. The Labute approximate surface area is 142 Å². The molecule has 8 heteroatoms. The van der Waals surface area contributed by atoms with Gasteiger partial charge >= 0.3 is 6.03 Å². The maximum Gasteiger partial charge on any atom is 0.317 e. The van der Waals surface area contributed by atoms with Gasteiger partial charge in [-0.15, -0.1) is 0 Å². The fraction of sp³-hybridized carbons (Fsp3) is 0.500. The fourth-order valence-electron chi connectivity index (χ4n) is 2.48. The number of benzene rings is 1. The van der Waals surface area contributed by atoms with Crippen LogP contribution in [0, 0.1) is 0 Å². The molecule has 0 aromatic heterocycles. The smallest absolute Gasteiger partial charge is 0.317 e. The van der Waals surface area contributed by atoms with Gasteiger partial charge in [-0.3, -0.25) is 4.79 Å². The van der Waals surface area contributed by atoms with Crippen molar-refractivity contribution in [3.8, 4) is 0 Å². The Bertz CT molecular complexity index is 693. The van der Waals surface area contributed by atoms with Crippen molar-refractivity contribution in [3.63, 3.8) is 0 Å². The summed E-state index contributed by atoms with van der Waals surface area (Å²) in [6, 6.07) is 5.84. The van der Waals surface area contributed by atoms with Crippen LogP contribution in [0.1, 0.15) is 23.7 Å². The predicted molar refractivity (Wildman–Crippen MR) is 90.7 cm³/mol. The summed E-state index contributed by atoms with van der Waals surface area (Å²) in [5.41, 5.74) is 0.450. The fourth-order valence-corrected chi connectivity index (χ4v) is 3.11. The first-order chi connectivity index (χ1) is 11.3. The molecule has 0 bridgehead atoms. The van der Waals surface area contributed by atoms with Crippen molar-refractivity contribution in [2.24, 2.45) is 0 Å². The zero-order valence-corrected chi connectivity index (χ0v) is 14.8. The second kappa shape index (κ2) is 7.65. The van der Waals surface area contributed by atoms with Crippen molar-refractivity contribution in [1.29, 1.82) is 0 Å². The SMILES string of the molecule is CCCNC(=O)N1CCN(C(=O)c2ccc(S(C)(=O)=O)cc2)CC1. The van der Waals surface area contributed by atoms with Crippen LogP contribution < -0.4 is 5.32 Å². The summed E-state index contributed by atoms with van der Waals surface area (Å²) in [5.74, 6) is -0.149. The van der Waals surface area contributed by atoms with Crippen LogP contribution in [0.15, 0.2) is 29.2 Å². The highest BCUT2D eigenvalue weighted by Crippen LogP contribution is 2.13. The molecule has 24 heavy (non-hydrogen) atoms. The lowest BCUT2D eigenvalue weighted by atomic mass is 10.2. The Morgan fingerprint density at radius 2 is 1.58 bits per heavy atom. The molecule has 1 aliphatic rings. The molecule has 0 aliphatic carbocycles. The van der Waals surface area contributed by atoms with Gasteiger partial charge in [0.25, 0.3) is 5.91 Å². The minimum Gasteiger partial charge on any atom is -0.338 e. The number of rotatable bonds is 4. The molecule has 1 aromatic carbocycles. The highest BCUT2D eigenvalue weighted by Gasteiger charge is 2.24. The van der Waals surface area contributed by atoms with Crippen molar-refractivity contribution in [2.75, 3.05) is 39.0 Å². The topological polar surface area (TPSA) is 86.8 Å².